The fourth-order valence-corrected chi connectivity index (χ4v) is 2.12. The number of thiocarbonyl (C=S) groups is 1. The Morgan fingerprint density at radius 3 is 2.42 bits per heavy atom. The van der Waals surface area contributed by atoms with Crippen LogP contribution in [0, 0.1) is 0 Å². The van der Waals surface area contributed by atoms with Crippen LogP contribution in [0.5, 0.6) is 0 Å². The number of nitrogens with zero attached hydrogens (tertiary/aromatic N) is 1. The van der Waals surface area contributed by atoms with Gasteiger partial charge >= 0.3 is 0 Å². The molecule has 1 nitrogen and oxygen atoms in total. The normalized spacial score (nSPS) is 9.25. The molecule has 0 saturated heterocycles. The maximum atomic E-state index is 4.51. The van der Waals surface area contributed by atoms with Crippen LogP contribution in [0.15, 0.2) is 30.5 Å². The van der Waals surface area contributed by atoms with E-state index in [1.54, 1.807) is 0 Å². The van der Waals surface area contributed by atoms with E-state index >= 15 is 0 Å². The van der Waals surface area contributed by atoms with Crippen molar-refractivity contribution in [1.29, 1.82) is 0 Å². The maximum Gasteiger partial charge on any atom is 0.0893 e. The highest BCUT2D eigenvalue weighted by Gasteiger charge is 2.05. The maximum absolute atomic E-state index is 4.51. The highest BCUT2D eigenvalue weighted by Crippen LogP contribution is 2.37. The fourth-order valence-electron chi connectivity index (χ4n) is 0.651. The SMILES string of the molecule is S=C=Nc1ccc(Br)c(Br)c1Br. The van der Waals surface area contributed by atoms with Gasteiger partial charge in [0.1, 0.15) is 0 Å². The summed E-state index contributed by atoms with van der Waals surface area (Å²) in [5.74, 6) is 0. The Labute approximate surface area is 101 Å². The van der Waals surface area contributed by atoms with Gasteiger partial charge < -0.3 is 0 Å². The van der Waals surface area contributed by atoms with Crippen LogP contribution in [0.25, 0.3) is 0 Å². The summed E-state index contributed by atoms with van der Waals surface area (Å²) in [6.45, 7) is 0. The summed E-state index contributed by atoms with van der Waals surface area (Å²) in [7, 11) is 0. The van der Waals surface area contributed by atoms with Gasteiger partial charge in [-0.1, -0.05) is 0 Å². The summed E-state index contributed by atoms with van der Waals surface area (Å²) in [6, 6.07) is 3.73. The van der Waals surface area contributed by atoms with Crippen molar-refractivity contribution in [3.05, 3.63) is 25.6 Å². The number of halogens is 3. The average molecular weight is 372 g/mol. The van der Waals surface area contributed by atoms with Crippen LogP contribution in [-0.2, 0) is 0 Å². The third-order valence-corrected chi connectivity index (χ3v) is 4.62. The molecule has 0 amide bonds. The van der Waals surface area contributed by atoms with Crippen molar-refractivity contribution in [3.8, 4) is 0 Å². The summed E-state index contributed by atoms with van der Waals surface area (Å²) in [4.78, 5) is 3.88. The number of rotatable bonds is 1. The molecule has 0 N–H and O–H groups in total. The van der Waals surface area contributed by atoms with Crippen LogP contribution in [0.4, 0.5) is 5.69 Å². The molecule has 0 bridgehead atoms. The van der Waals surface area contributed by atoms with Gasteiger partial charge in [0, 0.05) is 8.95 Å². The first-order chi connectivity index (χ1) is 5.66. The van der Waals surface area contributed by atoms with Crippen molar-refractivity contribution in [3.63, 3.8) is 0 Å². The van der Waals surface area contributed by atoms with Gasteiger partial charge in [-0.25, -0.2) is 0 Å². The lowest BCUT2D eigenvalue weighted by atomic mass is 10.3. The van der Waals surface area contributed by atoms with E-state index < -0.39 is 0 Å². The zero-order valence-corrected chi connectivity index (χ0v) is 11.2. The molecule has 0 unspecified atom stereocenters. The van der Waals surface area contributed by atoms with Gasteiger partial charge in [0.2, 0.25) is 0 Å². The summed E-state index contributed by atoms with van der Waals surface area (Å²) in [6.07, 6.45) is 0. The van der Waals surface area contributed by atoms with Crippen molar-refractivity contribution in [2.75, 3.05) is 0 Å². The van der Waals surface area contributed by atoms with Gasteiger partial charge in [-0.05, 0) is 72.1 Å². The minimum Gasteiger partial charge on any atom is -0.193 e. The van der Waals surface area contributed by atoms with E-state index in [0.29, 0.717) is 0 Å². The molecule has 0 aliphatic carbocycles. The average Bonchev–Trinajstić information content (AvgIpc) is 2.07. The molecule has 0 spiro atoms. The molecule has 0 atom stereocenters. The Balaban J connectivity index is 3.35. The van der Waals surface area contributed by atoms with E-state index in [1.165, 1.54) is 0 Å². The molecule has 0 aliphatic heterocycles. The smallest absolute Gasteiger partial charge is 0.0893 e. The van der Waals surface area contributed by atoms with Gasteiger partial charge in [-0.15, -0.1) is 0 Å². The second-order valence-electron chi connectivity index (χ2n) is 1.90. The standard InChI is InChI=1S/C7H2Br3NS/c8-4-1-2-5(11-3-12)7(10)6(4)9/h1-2H. The van der Waals surface area contributed by atoms with Gasteiger partial charge in [-0.3, -0.25) is 0 Å². The Bertz CT molecular complexity index is 358. The predicted octanol–water partition coefficient (Wildman–Crippen LogP) is 4.71. The van der Waals surface area contributed by atoms with Crippen molar-refractivity contribution in [2.24, 2.45) is 4.99 Å². The van der Waals surface area contributed by atoms with E-state index in [-0.39, 0.29) is 0 Å². The molecule has 62 valence electrons. The summed E-state index contributed by atoms with van der Waals surface area (Å²) in [5, 5.41) is 2.31. The van der Waals surface area contributed by atoms with E-state index in [4.69, 9.17) is 0 Å². The highest BCUT2D eigenvalue weighted by molar-refractivity contribution is 9.14. The Morgan fingerprint density at radius 2 is 1.83 bits per heavy atom. The van der Waals surface area contributed by atoms with E-state index in [0.717, 1.165) is 19.1 Å². The van der Waals surface area contributed by atoms with Crippen molar-refractivity contribution < 1.29 is 0 Å². The van der Waals surface area contributed by atoms with Crippen LogP contribution in [0.3, 0.4) is 0 Å². The van der Waals surface area contributed by atoms with E-state index in [2.05, 4.69) is 70.2 Å². The first-order valence-electron chi connectivity index (χ1n) is 2.88. The molecule has 1 rings (SSSR count). The molecule has 0 radical (unpaired) electrons. The van der Waals surface area contributed by atoms with Crippen molar-refractivity contribution in [1.82, 2.24) is 0 Å². The van der Waals surface area contributed by atoms with Gasteiger partial charge in [-0.2, -0.15) is 4.99 Å². The Kier molecular flexibility index (Phi) is 4.06. The lowest BCUT2D eigenvalue weighted by Gasteiger charge is -2.01. The third-order valence-electron chi connectivity index (χ3n) is 1.18. The Morgan fingerprint density at radius 1 is 1.17 bits per heavy atom. The summed E-state index contributed by atoms with van der Waals surface area (Å²) in [5.41, 5.74) is 0.764. The molecule has 0 aliphatic rings. The van der Waals surface area contributed by atoms with Crippen LogP contribution in [0.2, 0.25) is 0 Å². The van der Waals surface area contributed by atoms with Crippen LogP contribution >= 0.6 is 60.0 Å². The zero-order chi connectivity index (χ0) is 9.14. The van der Waals surface area contributed by atoms with Crippen LogP contribution in [0.1, 0.15) is 0 Å². The minimum atomic E-state index is 0.764. The quantitative estimate of drug-likeness (QED) is 0.395. The minimum absolute atomic E-state index is 0.764. The van der Waals surface area contributed by atoms with Gasteiger partial charge in [0.15, 0.2) is 0 Å². The Hall–Kier alpha value is 0.460. The second-order valence-corrected chi connectivity index (χ2v) is 4.52. The molecular formula is C7H2Br3NS. The lowest BCUT2D eigenvalue weighted by molar-refractivity contribution is 1.46. The molecule has 0 aromatic heterocycles. The van der Waals surface area contributed by atoms with Crippen LogP contribution < -0.4 is 0 Å². The first kappa shape index (κ1) is 10.5. The number of hydrogen-bond acceptors (Lipinski definition) is 2. The predicted molar refractivity (Wildman–Crippen MR) is 64.2 cm³/mol. The monoisotopic (exact) mass is 369 g/mol. The number of isothiocyanates is 1. The molecule has 12 heavy (non-hydrogen) atoms. The molecule has 0 fully saturated rings. The first-order valence-corrected chi connectivity index (χ1v) is 5.67. The molecule has 1 aromatic carbocycles. The molecule has 5 heteroatoms. The zero-order valence-electron chi connectivity index (χ0n) is 5.64. The number of hydrogen-bond donors (Lipinski definition) is 0. The number of aliphatic imine (C=N–C) groups is 1. The van der Waals surface area contributed by atoms with Crippen LogP contribution in [-0.4, -0.2) is 5.16 Å². The number of benzene rings is 1. The molecule has 1 aromatic rings. The van der Waals surface area contributed by atoms with E-state index in [9.17, 15) is 0 Å². The third kappa shape index (κ3) is 2.24. The van der Waals surface area contributed by atoms with E-state index in [1.807, 2.05) is 12.1 Å². The largest absolute Gasteiger partial charge is 0.193 e. The van der Waals surface area contributed by atoms with Crippen molar-refractivity contribution in [2.45, 2.75) is 0 Å². The summed E-state index contributed by atoms with van der Waals surface area (Å²) < 4.78 is 2.76. The molecule has 0 saturated carbocycles. The van der Waals surface area contributed by atoms with Crippen molar-refractivity contribution >= 4 is 70.9 Å². The highest BCUT2D eigenvalue weighted by atomic mass is 79.9. The summed E-state index contributed by atoms with van der Waals surface area (Å²) >= 11 is 14.6. The fraction of sp³-hybridized carbons (Fsp3) is 0. The second kappa shape index (κ2) is 4.63. The van der Waals surface area contributed by atoms with Gasteiger partial charge in [0.25, 0.3) is 0 Å². The molecular weight excluding hydrogens is 370 g/mol. The lowest BCUT2D eigenvalue weighted by Crippen LogP contribution is -1.73. The topological polar surface area (TPSA) is 12.4 Å². The van der Waals surface area contributed by atoms with Gasteiger partial charge in [0.05, 0.1) is 15.3 Å². The molecule has 0 heterocycles.